The number of rotatable bonds is 4. The SMILES string of the molecule is COC1C[C@H](O)OC(C)[C@@H]1OC1CCC(NC(C)=O)CO1. The first-order valence-corrected chi connectivity index (χ1v) is 7.40. The summed E-state index contributed by atoms with van der Waals surface area (Å²) in [4.78, 5) is 11.0. The molecular weight excluding hydrogens is 278 g/mol. The predicted molar refractivity (Wildman–Crippen MR) is 73.4 cm³/mol. The number of aliphatic hydroxyl groups excluding tert-OH is 1. The van der Waals surface area contributed by atoms with Crippen LogP contribution in [0.25, 0.3) is 0 Å². The maximum absolute atomic E-state index is 11.0. The number of methoxy groups -OCH3 is 1. The fourth-order valence-electron chi connectivity index (χ4n) is 2.86. The van der Waals surface area contributed by atoms with Gasteiger partial charge in [-0.1, -0.05) is 0 Å². The molecule has 2 fully saturated rings. The summed E-state index contributed by atoms with van der Waals surface area (Å²) >= 11 is 0. The summed E-state index contributed by atoms with van der Waals surface area (Å²) in [5.74, 6) is -0.0503. The first kappa shape index (κ1) is 16.6. The summed E-state index contributed by atoms with van der Waals surface area (Å²) < 4.78 is 22.4. The lowest BCUT2D eigenvalue weighted by atomic mass is 10.0. The molecule has 6 atom stereocenters. The standard InChI is InChI=1S/C14H25NO6/c1-8-14(11(18-3)6-12(17)20-8)21-13-5-4-10(7-19-13)15-9(2)16/h8,10-14,17H,4-7H2,1-3H3,(H,15,16)/t8?,10?,11?,12-,13?,14+/m1/s1. The Morgan fingerprint density at radius 2 is 2.14 bits per heavy atom. The molecule has 0 saturated carbocycles. The van der Waals surface area contributed by atoms with Crippen LogP contribution in [0.5, 0.6) is 0 Å². The van der Waals surface area contributed by atoms with E-state index in [-0.39, 0.29) is 36.6 Å². The molecule has 2 aliphatic rings. The number of nitrogens with one attached hydrogen (secondary N) is 1. The summed E-state index contributed by atoms with van der Waals surface area (Å²) in [6.07, 6.45) is -0.0245. The lowest BCUT2D eigenvalue weighted by Gasteiger charge is -2.40. The van der Waals surface area contributed by atoms with Crippen molar-refractivity contribution in [2.75, 3.05) is 13.7 Å². The van der Waals surface area contributed by atoms with E-state index in [1.807, 2.05) is 6.92 Å². The van der Waals surface area contributed by atoms with Gasteiger partial charge in [0.05, 0.1) is 24.9 Å². The quantitative estimate of drug-likeness (QED) is 0.769. The van der Waals surface area contributed by atoms with Crippen molar-refractivity contribution in [2.24, 2.45) is 0 Å². The molecule has 0 aliphatic carbocycles. The van der Waals surface area contributed by atoms with Crippen molar-refractivity contribution in [3.63, 3.8) is 0 Å². The van der Waals surface area contributed by atoms with Crippen LogP contribution in [0.1, 0.15) is 33.1 Å². The lowest BCUT2D eigenvalue weighted by molar-refractivity contribution is -0.285. The van der Waals surface area contributed by atoms with E-state index in [2.05, 4.69) is 5.32 Å². The number of carbonyl (C=O) groups excluding carboxylic acids is 1. The van der Waals surface area contributed by atoms with E-state index in [9.17, 15) is 9.90 Å². The maximum Gasteiger partial charge on any atom is 0.217 e. The highest BCUT2D eigenvalue weighted by molar-refractivity contribution is 5.73. The van der Waals surface area contributed by atoms with Crippen LogP contribution in [0, 0.1) is 0 Å². The highest BCUT2D eigenvalue weighted by atomic mass is 16.7. The molecule has 0 bridgehead atoms. The Kier molecular flexibility index (Phi) is 5.95. The molecule has 2 saturated heterocycles. The van der Waals surface area contributed by atoms with Crippen molar-refractivity contribution in [3.05, 3.63) is 0 Å². The predicted octanol–water partition coefficient (Wildman–Crippen LogP) is 0.155. The van der Waals surface area contributed by atoms with Crippen molar-refractivity contribution in [1.82, 2.24) is 5.32 Å². The van der Waals surface area contributed by atoms with Crippen molar-refractivity contribution in [2.45, 2.75) is 70.0 Å². The smallest absolute Gasteiger partial charge is 0.217 e. The first-order valence-electron chi connectivity index (χ1n) is 7.40. The third-order valence-corrected chi connectivity index (χ3v) is 3.89. The van der Waals surface area contributed by atoms with Crippen molar-refractivity contribution in [3.8, 4) is 0 Å². The third kappa shape index (κ3) is 4.62. The molecule has 4 unspecified atom stereocenters. The minimum atomic E-state index is -0.818. The van der Waals surface area contributed by atoms with Crippen LogP contribution >= 0.6 is 0 Å². The fourth-order valence-corrected chi connectivity index (χ4v) is 2.86. The summed E-state index contributed by atoms with van der Waals surface area (Å²) in [6.45, 7) is 3.78. The lowest BCUT2D eigenvalue weighted by Crippen LogP contribution is -2.52. The zero-order chi connectivity index (χ0) is 15.4. The molecule has 0 spiro atoms. The van der Waals surface area contributed by atoms with Gasteiger partial charge in [-0.05, 0) is 13.3 Å². The molecular formula is C14H25NO6. The van der Waals surface area contributed by atoms with Crippen LogP contribution in [0.4, 0.5) is 0 Å². The largest absolute Gasteiger partial charge is 0.378 e. The molecule has 0 aromatic carbocycles. The maximum atomic E-state index is 11.0. The molecule has 7 nitrogen and oxygen atoms in total. The summed E-state index contributed by atoms with van der Waals surface area (Å²) in [5.41, 5.74) is 0. The topological polar surface area (TPSA) is 86.3 Å². The second kappa shape index (κ2) is 7.51. The molecule has 122 valence electrons. The van der Waals surface area contributed by atoms with E-state index >= 15 is 0 Å². The van der Waals surface area contributed by atoms with Crippen molar-refractivity contribution < 1.29 is 28.8 Å². The molecule has 21 heavy (non-hydrogen) atoms. The van der Waals surface area contributed by atoms with E-state index in [4.69, 9.17) is 18.9 Å². The number of aliphatic hydroxyl groups is 1. The molecule has 2 rings (SSSR count). The normalized spacial score (nSPS) is 40.8. The zero-order valence-electron chi connectivity index (χ0n) is 12.8. The van der Waals surface area contributed by atoms with E-state index in [1.54, 1.807) is 7.11 Å². The van der Waals surface area contributed by atoms with Crippen LogP contribution in [0.2, 0.25) is 0 Å². The van der Waals surface area contributed by atoms with Gasteiger partial charge in [-0.3, -0.25) is 4.79 Å². The molecule has 0 aromatic heterocycles. The molecule has 1 amide bonds. The first-order chi connectivity index (χ1) is 9.99. The molecule has 7 heteroatoms. The van der Waals surface area contributed by atoms with Gasteiger partial charge in [0.1, 0.15) is 6.10 Å². The Labute approximate surface area is 124 Å². The monoisotopic (exact) mass is 303 g/mol. The second-order valence-electron chi connectivity index (χ2n) is 5.64. The molecule has 0 radical (unpaired) electrons. The van der Waals surface area contributed by atoms with Crippen LogP contribution in [0.15, 0.2) is 0 Å². The Hall–Kier alpha value is -0.730. The zero-order valence-corrected chi connectivity index (χ0v) is 12.8. The minimum absolute atomic E-state index is 0.0439. The summed E-state index contributed by atoms with van der Waals surface area (Å²) in [5, 5.41) is 12.4. The summed E-state index contributed by atoms with van der Waals surface area (Å²) in [7, 11) is 1.60. The molecule has 0 aromatic rings. The van der Waals surface area contributed by atoms with Gasteiger partial charge < -0.3 is 29.4 Å². The third-order valence-electron chi connectivity index (χ3n) is 3.89. The van der Waals surface area contributed by atoms with E-state index in [0.29, 0.717) is 19.4 Å². The average Bonchev–Trinajstić information content (AvgIpc) is 2.42. The van der Waals surface area contributed by atoms with Crippen molar-refractivity contribution >= 4 is 5.91 Å². The number of hydrogen-bond donors (Lipinski definition) is 2. The Bertz CT molecular complexity index is 344. The number of hydrogen-bond acceptors (Lipinski definition) is 6. The Morgan fingerprint density at radius 1 is 1.38 bits per heavy atom. The number of ether oxygens (including phenoxy) is 4. The van der Waals surface area contributed by atoms with Gasteiger partial charge in [0.25, 0.3) is 0 Å². The number of amides is 1. The molecule has 2 N–H and O–H groups in total. The van der Waals surface area contributed by atoms with Crippen LogP contribution in [-0.4, -0.2) is 61.7 Å². The van der Waals surface area contributed by atoms with E-state index in [1.165, 1.54) is 6.92 Å². The fraction of sp³-hybridized carbons (Fsp3) is 0.929. The van der Waals surface area contributed by atoms with Gasteiger partial charge in [-0.2, -0.15) is 0 Å². The number of carbonyl (C=O) groups is 1. The second-order valence-corrected chi connectivity index (χ2v) is 5.64. The molecule has 2 aliphatic heterocycles. The van der Waals surface area contributed by atoms with Crippen molar-refractivity contribution in [1.29, 1.82) is 0 Å². The average molecular weight is 303 g/mol. The van der Waals surface area contributed by atoms with Gasteiger partial charge in [0.15, 0.2) is 12.6 Å². The van der Waals surface area contributed by atoms with E-state index in [0.717, 1.165) is 6.42 Å². The minimum Gasteiger partial charge on any atom is -0.378 e. The van der Waals surface area contributed by atoms with Gasteiger partial charge >= 0.3 is 0 Å². The van der Waals surface area contributed by atoms with Crippen LogP contribution < -0.4 is 5.32 Å². The molecule has 2 heterocycles. The Balaban J connectivity index is 1.82. The summed E-state index contributed by atoms with van der Waals surface area (Å²) in [6, 6.07) is 0.0439. The Morgan fingerprint density at radius 3 is 2.71 bits per heavy atom. The van der Waals surface area contributed by atoms with Crippen LogP contribution in [-0.2, 0) is 23.7 Å². The van der Waals surface area contributed by atoms with Gasteiger partial charge in [-0.25, -0.2) is 0 Å². The highest BCUT2D eigenvalue weighted by Gasteiger charge is 2.39. The van der Waals surface area contributed by atoms with Gasteiger partial charge in [0.2, 0.25) is 5.91 Å². The highest BCUT2D eigenvalue weighted by Crippen LogP contribution is 2.27. The van der Waals surface area contributed by atoms with Gasteiger partial charge in [-0.15, -0.1) is 0 Å². The van der Waals surface area contributed by atoms with E-state index < -0.39 is 6.29 Å². The van der Waals surface area contributed by atoms with Crippen LogP contribution in [0.3, 0.4) is 0 Å². The van der Waals surface area contributed by atoms with Gasteiger partial charge in [0, 0.05) is 26.9 Å².